The van der Waals surface area contributed by atoms with Gasteiger partial charge in [-0.3, -0.25) is 4.90 Å². The van der Waals surface area contributed by atoms with Crippen LogP contribution in [0.3, 0.4) is 0 Å². The van der Waals surface area contributed by atoms with Crippen molar-refractivity contribution in [3.05, 3.63) is 0 Å². The van der Waals surface area contributed by atoms with Crippen molar-refractivity contribution in [3.63, 3.8) is 0 Å². The number of aliphatic hydroxyl groups is 1. The molecular weight excluding hydrogens is 257 g/mol. The minimum atomic E-state index is -4.22. The molecule has 0 aromatic rings. The van der Waals surface area contributed by atoms with Gasteiger partial charge in [-0.25, -0.2) is 0 Å². The summed E-state index contributed by atoms with van der Waals surface area (Å²) in [6, 6.07) is 0.159. The van der Waals surface area contributed by atoms with E-state index in [1.165, 1.54) is 4.90 Å². The highest BCUT2D eigenvalue weighted by atomic mass is 19.4. The summed E-state index contributed by atoms with van der Waals surface area (Å²) in [4.78, 5) is 1.26. The van der Waals surface area contributed by atoms with Crippen LogP contribution in [0.2, 0.25) is 0 Å². The fourth-order valence-corrected chi connectivity index (χ4v) is 2.06. The first-order chi connectivity index (χ1) is 8.60. The molecule has 0 rings (SSSR count). The zero-order valence-corrected chi connectivity index (χ0v) is 12.3. The van der Waals surface area contributed by atoms with Crippen molar-refractivity contribution in [1.29, 1.82) is 0 Å². The fourth-order valence-electron chi connectivity index (χ4n) is 2.06. The molecule has 0 bridgehead atoms. The molecule has 1 atom stereocenters. The average Bonchev–Trinajstić information content (AvgIpc) is 2.20. The molecule has 0 aromatic heterocycles. The lowest BCUT2D eigenvalue weighted by Crippen LogP contribution is -2.44. The monoisotopic (exact) mass is 284 g/mol. The molecule has 0 aliphatic carbocycles. The summed E-state index contributed by atoms with van der Waals surface area (Å²) >= 11 is 0. The molecule has 1 unspecified atom stereocenters. The molecule has 0 amide bonds. The van der Waals surface area contributed by atoms with Gasteiger partial charge in [0.05, 0.1) is 13.2 Å². The van der Waals surface area contributed by atoms with E-state index in [-0.39, 0.29) is 24.6 Å². The second-order valence-corrected chi connectivity index (χ2v) is 5.88. The Bertz CT molecular complexity index is 239. The van der Waals surface area contributed by atoms with Crippen LogP contribution >= 0.6 is 0 Å². The lowest BCUT2D eigenvalue weighted by Gasteiger charge is -2.33. The number of alkyl halides is 3. The van der Waals surface area contributed by atoms with E-state index < -0.39 is 12.7 Å². The number of aliphatic hydroxyl groups excluding tert-OH is 1. The molecule has 0 heterocycles. The van der Waals surface area contributed by atoms with Crippen LogP contribution in [-0.4, -0.2) is 55.0 Å². The Hall–Kier alpha value is -0.330. The van der Waals surface area contributed by atoms with Gasteiger partial charge in [0.2, 0.25) is 0 Å². The smallest absolute Gasteiger partial charge is 0.395 e. The third kappa shape index (κ3) is 9.24. The summed E-state index contributed by atoms with van der Waals surface area (Å²) < 4.78 is 37.2. The first-order valence-electron chi connectivity index (χ1n) is 6.73. The Kier molecular flexibility index (Phi) is 7.93. The zero-order valence-electron chi connectivity index (χ0n) is 12.3. The van der Waals surface area contributed by atoms with Crippen LogP contribution in [0.1, 0.15) is 34.1 Å². The largest absolute Gasteiger partial charge is 0.401 e. The Morgan fingerprint density at radius 1 is 1.16 bits per heavy atom. The van der Waals surface area contributed by atoms with E-state index >= 15 is 0 Å². The van der Waals surface area contributed by atoms with Crippen molar-refractivity contribution in [1.82, 2.24) is 10.2 Å². The Labute approximate surface area is 114 Å². The van der Waals surface area contributed by atoms with E-state index in [4.69, 9.17) is 5.11 Å². The quantitative estimate of drug-likeness (QED) is 0.717. The third-order valence-corrected chi connectivity index (χ3v) is 3.05. The maximum atomic E-state index is 12.4. The van der Waals surface area contributed by atoms with Crippen LogP contribution in [-0.2, 0) is 0 Å². The van der Waals surface area contributed by atoms with Crippen molar-refractivity contribution in [3.8, 4) is 0 Å². The fraction of sp³-hybridized carbons (Fsp3) is 1.00. The van der Waals surface area contributed by atoms with Gasteiger partial charge >= 0.3 is 6.18 Å². The van der Waals surface area contributed by atoms with Gasteiger partial charge in [-0.2, -0.15) is 13.2 Å². The van der Waals surface area contributed by atoms with Gasteiger partial charge in [0, 0.05) is 19.1 Å². The number of hydrogen-bond donors (Lipinski definition) is 2. The molecule has 0 aliphatic heterocycles. The minimum Gasteiger partial charge on any atom is -0.395 e. The van der Waals surface area contributed by atoms with Gasteiger partial charge in [-0.05, 0) is 18.4 Å². The summed E-state index contributed by atoms with van der Waals surface area (Å²) in [7, 11) is 0. The molecular formula is C13H27F3N2O. The van der Waals surface area contributed by atoms with Gasteiger partial charge in [-0.1, -0.05) is 27.7 Å². The molecule has 0 aromatic carbocycles. The zero-order chi connectivity index (χ0) is 15.1. The van der Waals surface area contributed by atoms with Gasteiger partial charge < -0.3 is 10.4 Å². The lowest BCUT2D eigenvalue weighted by molar-refractivity contribution is -0.147. The van der Waals surface area contributed by atoms with E-state index in [2.05, 4.69) is 26.1 Å². The van der Waals surface area contributed by atoms with Crippen LogP contribution in [0.5, 0.6) is 0 Å². The number of nitrogens with one attached hydrogen (secondary N) is 1. The van der Waals surface area contributed by atoms with Crippen molar-refractivity contribution in [2.24, 2.45) is 5.41 Å². The van der Waals surface area contributed by atoms with Crippen molar-refractivity contribution in [2.45, 2.75) is 46.3 Å². The van der Waals surface area contributed by atoms with Gasteiger partial charge in [0.25, 0.3) is 0 Å². The first kappa shape index (κ1) is 18.7. The molecule has 0 aliphatic rings. The SMILES string of the molecule is CCNC(CCN(CCO)CC(F)(F)F)C(C)(C)C. The van der Waals surface area contributed by atoms with Crippen molar-refractivity contribution in [2.75, 3.05) is 32.8 Å². The molecule has 3 nitrogen and oxygen atoms in total. The molecule has 0 spiro atoms. The summed E-state index contributed by atoms with van der Waals surface area (Å²) in [5.41, 5.74) is -0.000866. The van der Waals surface area contributed by atoms with E-state index in [0.717, 1.165) is 6.54 Å². The standard InChI is InChI=1S/C13H27F3N2O/c1-5-17-11(12(2,3)4)6-7-18(8-9-19)10-13(14,15)16/h11,17,19H,5-10H2,1-4H3. The van der Waals surface area contributed by atoms with Gasteiger partial charge in [0.15, 0.2) is 0 Å². The number of nitrogens with zero attached hydrogens (tertiary/aromatic N) is 1. The number of hydrogen-bond acceptors (Lipinski definition) is 3. The normalized spacial score (nSPS) is 15.0. The second kappa shape index (κ2) is 8.07. The summed E-state index contributed by atoms with van der Waals surface area (Å²) in [5.74, 6) is 0. The topological polar surface area (TPSA) is 35.5 Å². The van der Waals surface area contributed by atoms with Crippen LogP contribution in [0.15, 0.2) is 0 Å². The Morgan fingerprint density at radius 2 is 1.74 bits per heavy atom. The number of halogens is 3. The summed E-state index contributed by atoms with van der Waals surface area (Å²) in [6.45, 7) is 8.16. The highest BCUT2D eigenvalue weighted by molar-refractivity contribution is 4.81. The Morgan fingerprint density at radius 3 is 2.11 bits per heavy atom. The molecule has 0 radical (unpaired) electrons. The van der Waals surface area contributed by atoms with Crippen LogP contribution in [0, 0.1) is 5.41 Å². The predicted octanol–water partition coefficient (Wildman–Crippen LogP) is 2.26. The molecule has 2 N–H and O–H groups in total. The van der Waals surface area contributed by atoms with Crippen molar-refractivity contribution < 1.29 is 18.3 Å². The third-order valence-electron chi connectivity index (χ3n) is 3.05. The van der Waals surface area contributed by atoms with E-state index in [0.29, 0.717) is 13.0 Å². The van der Waals surface area contributed by atoms with E-state index in [1.54, 1.807) is 0 Å². The van der Waals surface area contributed by atoms with Crippen LogP contribution in [0.4, 0.5) is 13.2 Å². The predicted molar refractivity (Wildman–Crippen MR) is 71.1 cm³/mol. The molecule has 0 fully saturated rings. The first-order valence-corrected chi connectivity index (χ1v) is 6.73. The summed E-state index contributed by atoms with van der Waals surface area (Å²) in [5, 5.41) is 12.1. The second-order valence-electron chi connectivity index (χ2n) is 5.88. The van der Waals surface area contributed by atoms with Gasteiger partial charge in [0.1, 0.15) is 0 Å². The maximum Gasteiger partial charge on any atom is 0.401 e. The van der Waals surface area contributed by atoms with E-state index in [1.807, 2.05) is 6.92 Å². The van der Waals surface area contributed by atoms with E-state index in [9.17, 15) is 13.2 Å². The van der Waals surface area contributed by atoms with Gasteiger partial charge in [-0.15, -0.1) is 0 Å². The minimum absolute atomic E-state index is 0.000866. The maximum absolute atomic E-state index is 12.4. The highest BCUT2D eigenvalue weighted by Gasteiger charge is 2.31. The molecule has 0 saturated heterocycles. The molecule has 0 saturated carbocycles. The number of rotatable bonds is 8. The highest BCUT2D eigenvalue weighted by Crippen LogP contribution is 2.23. The average molecular weight is 284 g/mol. The Balaban J connectivity index is 4.42. The van der Waals surface area contributed by atoms with Crippen LogP contribution in [0.25, 0.3) is 0 Å². The van der Waals surface area contributed by atoms with Crippen molar-refractivity contribution >= 4 is 0 Å². The molecule has 19 heavy (non-hydrogen) atoms. The molecule has 116 valence electrons. The molecule has 6 heteroatoms. The van der Waals surface area contributed by atoms with Crippen LogP contribution < -0.4 is 5.32 Å². The summed E-state index contributed by atoms with van der Waals surface area (Å²) in [6.07, 6.45) is -3.59. The lowest BCUT2D eigenvalue weighted by atomic mass is 9.84.